The summed E-state index contributed by atoms with van der Waals surface area (Å²) in [5.74, 6) is 0. The van der Waals surface area contributed by atoms with E-state index in [0.717, 1.165) is 12.0 Å². The zero-order chi connectivity index (χ0) is 17.1. The fourth-order valence-corrected chi connectivity index (χ4v) is 4.01. The van der Waals surface area contributed by atoms with E-state index in [1.807, 2.05) is 0 Å². The lowest BCUT2D eigenvalue weighted by molar-refractivity contribution is 0.148. The van der Waals surface area contributed by atoms with Crippen LogP contribution in [0.1, 0.15) is 56.6 Å². The lowest BCUT2D eigenvalue weighted by Crippen LogP contribution is -2.13. The number of aryl methyl sites for hydroxylation is 1. The van der Waals surface area contributed by atoms with E-state index < -0.39 is 6.09 Å². The van der Waals surface area contributed by atoms with Crippen LogP contribution in [0.4, 0.5) is 4.79 Å². The average Bonchev–Trinajstić information content (AvgIpc) is 2.55. The van der Waals surface area contributed by atoms with Crippen molar-refractivity contribution in [2.24, 2.45) is 5.73 Å². The number of primary amides is 1. The van der Waals surface area contributed by atoms with Gasteiger partial charge >= 0.3 is 6.09 Å². The molecule has 1 aromatic rings. The van der Waals surface area contributed by atoms with Crippen LogP contribution in [-0.4, -0.2) is 18.6 Å². The molecular weight excluding hydrogens is 326 g/mol. The molecule has 0 radical (unpaired) electrons. The van der Waals surface area contributed by atoms with Crippen molar-refractivity contribution in [3.05, 3.63) is 23.3 Å². The van der Waals surface area contributed by atoms with Crippen molar-refractivity contribution in [1.29, 1.82) is 0 Å². The highest BCUT2D eigenvalue weighted by Crippen LogP contribution is 2.32. The van der Waals surface area contributed by atoms with Crippen molar-refractivity contribution in [3.8, 4) is 0 Å². The highest BCUT2D eigenvalue weighted by Gasteiger charge is 2.12. The Labute approximate surface area is 149 Å². The third kappa shape index (κ3) is 7.53. The van der Waals surface area contributed by atoms with Gasteiger partial charge in [-0.25, -0.2) is 4.79 Å². The van der Waals surface area contributed by atoms with Gasteiger partial charge in [0, 0.05) is 15.4 Å². The minimum Gasteiger partial charge on any atom is -0.445 e. The van der Waals surface area contributed by atoms with Gasteiger partial charge in [-0.1, -0.05) is 39.0 Å². The summed E-state index contributed by atoms with van der Waals surface area (Å²) in [5, 5.41) is 0. The van der Waals surface area contributed by atoms with E-state index >= 15 is 0 Å². The smallest absolute Gasteiger partial charge is 0.404 e. The van der Waals surface area contributed by atoms with Gasteiger partial charge in [0.05, 0.1) is 0 Å². The largest absolute Gasteiger partial charge is 0.445 e. The Balaban J connectivity index is 2.68. The van der Waals surface area contributed by atoms with Gasteiger partial charge in [0.15, 0.2) is 0 Å². The number of nitrogens with two attached hydrogens (primary N) is 1. The van der Waals surface area contributed by atoms with Crippen molar-refractivity contribution in [2.45, 2.75) is 68.3 Å². The van der Waals surface area contributed by atoms with E-state index in [1.54, 1.807) is 23.5 Å². The van der Waals surface area contributed by atoms with Crippen LogP contribution in [0.3, 0.4) is 0 Å². The third-order valence-corrected chi connectivity index (χ3v) is 5.45. The number of hydrogen-bond acceptors (Lipinski definition) is 4. The highest BCUT2D eigenvalue weighted by atomic mass is 32.2. The number of hydrogen-bond donors (Lipinski definition) is 1. The molecular formula is C18H29NO2S2. The first-order valence-corrected chi connectivity index (χ1v) is 10.7. The molecule has 0 fully saturated rings. The van der Waals surface area contributed by atoms with Crippen LogP contribution >= 0.6 is 23.5 Å². The van der Waals surface area contributed by atoms with E-state index in [0.29, 0.717) is 0 Å². The molecule has 1 rings (SSSR count). The van der Waals surface area contributed by atoms with Crippen molar-refractivity contribution < 1.29 is 9.53 Å². The van der Waals surface area contributed by atoms with Gasteiger partial charge in [-0.05, 0) is 43.0 Å². The first-order chi connectivity index (χ1) is 11.1. The van der Waals surface area contributed by atoms with Crippen LogP contribution in [0.2, 0.25) is 0 Å². The van der Waals surface area contributed by atoms with Crippen LogP contribution in [-0.2, 0) is 17.8 Å². The van der Waals surface area contributed by atoms with E-state index in [1.165, 1.54) is 53.9 Å². The van der Waals surface area contributed by atoms with Gasteiger partial charge in [0.25, 0.3) is 0 Å². The molecule has 0 atom stereocenters. The van der Waals surface area contributed by atoms with Gasteiger partial charge in [-0.3, -0.25) is 0 Å². The fourth-order valence-electron chi connectivity index (χ4n) is 2.58. The highest BCUT2D eigenvalue weighted by molar-refractivity contribution is 7.99. The Bertz CT molecular complexity index is 467. The molecule has 0 aromatic heterocycles. The van der Waals surface area contributed by atoms with Gasteiger partial charge in [-0.15, -0.1) is 23.5 Å². The molecule has 2 N–H and O–H groups in total. The maximum absolute atomic E-state index is 10.9. The molecule has 0 heterocycles. The number of benzene rings is 1. The van der Waals surface area contributed by atoms with Crippen LogP contribution in [0.15, 0.2) is 21.9 Å². The van der Waals surface area contributed by atoms with E-state index in [9.17, 15) is 4.79 Å². The van der Waals surface area contributed by atoms with Crippen molar-refractivity contribution in [3.63, 3.8) is 0 Å². The summed E-state index contributed by atoms with van der Waals surface area (Å²) in [4.78, 5) is 13.2. The minimum atomic E-state index is -0.722. The van der Waals surface area contributed by atoms with Gasteiger partial charge in [0.2, 0.25) is 0 Å². The maximum Gasteiger partial charge on any atom is 0.404 e. The summed E-state index contributed by atoms with van der Waals surface area (Å²) in [6, 6.07) is 4.46. The molecule has 0 aliphatic heterocycles. The van der Waals surface area contributed by atoms with Crippen molar-refractivity contribution >= 4 is 29.6 Å². The molecule has 3 nitrogen and oxygen atoms in total. The fraction of sp³-hybridized carbons (Fsp3) is 0.611. The Kier molecular flexibility index (Phi) is 10.3. The van der Waals surface area contributed by atoms with Crippen LogP contribution in [0.25, 0.3) is 0 Å². The summed E-state index contributed by atoms with van der Waals surface area (Å²) in [6.45, 7) is 2.50. The summed E-state index contributed by atoms with van der Waals surface area (Å²) in [5.41, 5.74) is 7.53. The quantitative estimate of drug-likeness (QED) is 0.413. The zero-order valence-electron chi connectivity index (χ0n) is 14.5. The van der Waals surface area contributed by atoms with Crippen molar-refractivity contribution in [2.75, 3.05) is 12.5 Å². The number of rotatable bonds is 11. The van der Waals surface area contributed by atoms with Crippen LogP contribution in [0.5, 0.6) is 0 Å². The summed E-state index contributed by atoms with van der Waals surface area (Å²) < 4.78 is 5.00. The average molecular weight is 356 g/mol. The number of ether oxygens (including phenoxy) is 1. The van der Waals surface area contributed by atoms with Crippen molar-refractivity contribution in [1.82, 2.24) is 0 Å². The Morgan fingerprint density at radius 3 is 2.13 bits per heavy atom. The Morgan fingerprint density at radius 1 is 1.04 bits per heavy atom. The predicted molar refractivity (Wildman–Crippen MR) is 101 cm³/mol. The van der Waals surface area contributed by atoms with E-state index in [4.69, 9.17) is 10.5 Å². The molecule has 5 heteroatoms. The first kappa shape index (κ1) is 20.2. The number of amides is 1. The van der Waals surface area contributed by atoms with E-state index in [2.05, 4.69) is 31.6 Å². The minimum absolute atomic E-state index is 0.249. The summed E-state index contributed by atoms with van der Waals surface area (Å²) in [7, 11) is 0. The number of carbonyl (C=O) groups is 1. The van der Waals surface area contributed by atoms with E-state index in [-0.39, 0.29) is 6.61 Å². The SMILES string of the molecule is CCCCCCCCc1cc(SC)c(COC(N)=O)c(SC)c1. The number of thioether (sulfide) groups is 2. The van der Waals surface area contributed by atoms with Gasteiger partial charge in [-0.2, -0.15) is 0 Å². The molecule has 130 valence electrons. The second-order valence-electron chi connectivity index (χ2n) is 5.60. The summed E-state index contributed by atoms with van der Waals surface area (Å²) >= 11 is 3.39. The number of carbonyl (C=O) groups excluding carboxylic acids is 1. The normalized spacial score (nSPS) is 10.7. The van der Waals surface area contributed by atoms with Crippen LogP contribution < -0.4 is 5.73 Å². The maximum atomic E-state index is 10.9. The Hall–Kier alpha value is -0.810. The molecule has 0 saturated heterocycles. The standard InChI is InChI=1S/C18H29NO2S2/c1-4-5-6-7-8-9-10-14-11-16(22-2)15(13-21-18(19)20)17(12-14)23-3/h11-12H,4-10,13H2,1-3H3,(H2,19,20). The molecule has 1 aromatic carbocycles. The molecule has 0 saturated carbocycles. The first-order valence-electron chi connectivity index (χ1n) is 8.28. The second kappa shape index (κ2) is 11.7. The molecule has 0 spiro atoms. The predicted octanol–water partition coefficient (Wildman–Crippen LogP) is 5.63. The monoisotopic (exact) mass is 355 g/mol. The molecule has 0 aliphatic carbocycles. The third-order valence-electron chi connectivity index (χ3n) is 3.85. The molecule has 0 bridgehead atoms. The number of unbranched alkanes of at least 4 members (excludes halogenated alkanes) is 5. The lowest BCUT2D eigenvalue weighted by atomic mass is 10.0. The second-order valence-corrected chi connectivity index (χ2v) is 7.30. The zero-order valence-corrected chi connectivity index (χ0v) is 16.2. The topological polar surface area (TPSA) is 52.3 Å². The van der Waals surface area contributed by atoms with Crippen LogP contribution in [0, 0.1) is 0 Å². The summed E-state index contributed by atoms with van der Waals surface area (Å²) in [6.07, 6.45) is 12.4. The van der Waals surface area contributed by atoms with Gasteiger partial charge < -0.3 is 10.5 Å². The molecule has 1 amide bonds. The molecule has 0 unspecified atom stereocenters. The molecule has 0 aliphatic rings. The van der Waals surface area contributed by atoms with Gasteiger partial charge in [0.1, 0.15) is 6.61 Å². The molecule has 23 heavy (non-hydrogen) atoms. The lowest BCUT2D eigenvalue weighted by Gasteiger charge is -2.14. The Morgan fingerprint density at radius 2 is 1.61 bits per heavy atom.